The van der Waals surface area contributed by atoms with E-state index in [4.69, 9.17) is 21.6 Å². The van der Waals surface area contributed by atoms with Crippen LogP contribution in [-0.2, 0) is 16.1 Å². The van der Waals surface area contributed by atoms with Gasteiger partial charge in [-0.05, 0) is 99.0 Å². The van der Waals surface area contributed by atoms with E-state index in [1.807, 2.05) is 28.0 Å². The number of hydrogen-bond acceptors (Lipinski definition) is 10. The summed E-state index contributed by atoms with van der Waals surface area (Å²) in [4.78, 5) is 87.4. The van der Waals surface area contributed by atoms with Crippen LogP contribution in [0, 0.1) is 16.7 Å². The zero-order valence-corrected chi connectivity index (χ0v) is 33.8. The van der Waals surface area contributed by atoms with Crippen LogP contribution in [0.2, 0.25) is 5.02 Å². The molecule has 1 N–H and O–H groups in total. The molecule has 14 nitrogen and oxygen atoms in total. The third-order valence-electron chi connectivity index (χ3n) is 13.9. The fourth-order valence-electron chi connectivity index (χ4n) is 10.6. The number of halogens is 1. The van der Waals surface area contributed by atoms with Crippen molar-refractivity contribution in [2.45, 2.75) is 82.1 Å². The monoisotopic (exact) mass is 829 g/mol. The van der Waals surface area contributed by atoms with Crippen molar-refractivity contribution in [1.82, 2.24) is 24.9 Å². The molecule has 3 saturated heterocycles. The molecule has 15 heteroatoms. The molecule has 3 aromatic rings. The lowest BCUT2D eigenvalue weighted by Crippen LogP contribution is -2.68. The largest absolute Gasteiger partial charge is 0.490 e. The molecule has 1 spiro atoms. The van der Waals surface area contributed by atoms with Crippen LogP contribution in [0.4, 0.5) is 5.69 Å². The minimum atomic E-state index is -0.982. The summed E-state index contributed by atoms with van der Waals surface area (Å²) in [6.07, 6.45) is 5.60. The summed E-state index contributed by atoms with van der Waals surface area (Å²) in [6.45, 7) is 5.14. The predicted molar refractivity (Wildman–Crippen MR) is 217 cm³/mol. The van der Waals surface area contributed by atoms with E-state index >= 15 is 0 Å². The van der Waals surface area contributed by atoms with Crippen molar-refractivity contribution in [1.29, 1.82) is 5.26 Å². The van der Waals surface area contributed by atoms with Gasteiger partial charge in [-0.15, -0.1) is 0 Å². The third kappa shape index (κ3) is 6.59. The van der Waals surface area contributed by atoms with Gasteiger partial charge in [0.25, 0.3) is 23.6 Å². The molecule has 60 heavy (non-hydrogen) atoms. The topological polar surface area (TPSA) is 164 Å². The average molecular weight is 830 g/mol. The van der Waals surface area contributed by atoms with Gasteiger partial charge in [0.1, 0.15) is 17.9 Å². The third-order valence-corrected chi connectivity index (χ3v) is 14.2. The molecule has 5 heterocycles. The van der Waals surface area contributed by atoms with Gasteiger partial charge in [-0.1, -0.05) is 11.6 Å². The maximum atomic E-state index is 13.7. The Balaban J connectivity index is 0.682. The second-order valence-corrected chi connectivity index (χ2v) is 17.9. The van der Waals surface area contributed by atoms with Gasteiger partial charge in [-0.2, -0.15) is 5.26 Å². The molecule has 2 saturated carbocycles. The Kier molecular flexibility index (Phi) is 9.44. The van der Waals surface area contributed by atoms with Crippen LogP contribution >= 0.6 is 11.6 Å². The number of nitrogens with zero attached hydrogens (tertiary/aromatic N) is 6. The van der Waals surface area contributed by atoms with Crippen LogP contribution in [0.5, 0.6) is 5.75 Å². The highest BCUT2D eigenvalue weighted by Gasteiger charge is 2.54. The molecule has 5 aliphatic heterocycles. The molecule has 0 radical (unpaired) electrons. The SMILES string of the molecule is N#Cc1ccc(O[C@H]2CC[C@H](N3Cc4cc(C(=O)N5CCN(C6CC7(C6)CN(c6ccc8c(c6)C(=O)N(C6CCC(=O)NC6=O)C8=O)C7)CC5)ccc4C3=O)CC2)cc1Cl. The average Bonchev–Trinajstić information content (AvgIpc) is 3.68. The zero-order chi connectivity index (χ0) is 41.4. The smallest absolute Gasteiger partial charge is 0.262 e. The number of piperidine rings is 1. The van der Waals surface area contributed by atoms with Crippen molar-refractivity contribution >= 4 is 52.7 Å². The molecule has 10 rings (SSSR count). The first-order valence-electron chi connectivity index (χ1n) is 20.9. The first kappa shape index (κ1) is 38.4. The van der Waals surface area contributed by atoms with Crippen molar-refractivity contribution in [3.8, 4) is 11.8 Å². The number of carbonyl (C=O) groups excluding carboxylic acids is 6. The number of piperazine rings is 1. The molecule has 308 valence electrons. The second kappa shape index (κ2) is 14.7. The molecule has 7 aliphatic rings. The maximum absolute atomic E-state index is 13.7. The summed E-state index contributed by atoms with van der Waals surface area (Å²) in [5.74, 6) is -1.35. The lowest BCUT2D eigenvalue weighted by Gasteiger charge is -2.62. The van der Waals surface area contributed by atoms with Crippen molar-refractivity contribution in [3.63, 3.8) is 0 Å². The summed E-state index contributed by atoms with van der Waals surface area (Å²) in [5, 5.41) is 11.8. The standard InChI is InChI=1S/C45H44ClN7O7/c46-37-19-33(6-1-27(37)22-47)60-32-7-3-29(4-8-32)52-23-28-17-26(2-9-34(28)42(52)57)41(56)50-15-13-49(14-16-50)31-20-45(21-31)24-51(25-45)30-5-10-35-36(18-30)44(59)53(43(35)58)38-11-12-39(54)48-40(38)55/h1-2,5-6,9-10,17-19,29,31-32,38H,3-4,7-8,11-16,20-21,23-25H2,(H,48,54,55)/t29-,32-,38?. The molecule has 0 aromatic heterocycles. The first-order chi connectivity index (χ1) is 29.0. The number of nitrogens with one attached hydrogen (secondary N) is 1. The van der Waals surface area contributed by atoms with Crippen molar-refractivity contribution in [3.05, 3.63) is 93.0 Å². The highest BCUT2D eigenvalue weighted by Crippen LogP contribution is 2.52. The Labute approximate surface area is 351 Å². The van der Waals surface area contributed by atoms with Gasteiger partial charge in [-0.25, -0.2) is 0 Å². The molecule has 0 bridgehead atoms. The lowest BCUT2D eigenvalue weighted by atomic mass is 9.60. The predicted octanol–water partition coefficient (Wildman–Crippen LogP) is 4.39. The highest BCUT2D eigenvalue weighted by molar-refractivity contribution is 6.31. The van der Waals surface area contributed by atoms with Crippen molar-refractivity contribution < 1.29 is 33.5 Å². The van der Waals surface area contributed by atoms with Crippen LogP contribution in [0.25, 0.3) is 0 Å². The van der Waals surface area contributed by atoms with Gasteiger partial charge in [0.05, 0.1) is 27.8 Å². The number of fused-ring (bicyclic) bond motifs is 2. The normalized spacial score (nSPS) is 25.1. The minimum Gasteiger partial charge on any atom is -0.490 e. The van der Waals surface area contributed by atoms with Crippen LogP contribution in [0.15, 0.2) is 54.6 Å². The molecule has 1 unspecified atom stereocenters. The Morgan fingerprint density at radius 1 is 0.800 bits per heavy atom. The number of carbonyl (C=O) groups is 6. The molecule has 3 aromatic carbocycles. The number of anilines is 1. The number of benzene rings is 3. The van der Waals surface area contributed by atoms with E-state index in [1.165, 1.54) is 0 Å². The van der Waals surface area contributed by atoms with E-state index in [-0.39, 0.29) is 47.8 Å². The van der Waals surface area contributed by atoms with E-state index in [1.54, 1.807) is 36.4 Å². The summed E-state index contributed by atoms with van der Waals surface area (Å²) in [5.41, 5.74) is 4.28. The van der Waals surface area contributed by atoms with Gasteiger partial charge in [0, 0.05) is 92.6 Å². The van der Waals surface area contributed by atoms with E-state index < -0.39 is 29.7 Å². The Morgan fingerprint density at radius 2 is 1.53 bits per heavy atom. The number of amides is 6. The number of ether oxygens (including phenoxy) is 1. The summed E-state index contributed by atoms with van der Waals surface area (Å²) in [6, 6.07) is 17.6. The first-order valence-corrected chi connectivity index (χ1v) is 21.3. The molecular formula is C45H44ClN7O7. The quantitative estimate of drug-likeness (QED) is 0.338. The molecule has 6 amide bonds. The van der Waals surface area contributed by atoms with Gasteiger partial charge in [-0.3, -0.25) is 43.9 Å². The van der Waals surface area contributed by atoms with Crippen LogP contribution in [-0.4, -0.2) is 119 Å². The zero-order valence-electron chi connectivity index (χ0n) is 33.0. The van der Waals surface area contributed by atoms with Gasteiger partial charge in [0.2, 0.25) is 11.8 Å². The van der Waals surface area contributed by atoms with E-state index in [0.717, 1.165) is 80.9 Å². The Hall–Kier alpha value is -5.78. The molecule has 1 atom stereocenters. The van der Waals surface area contributed by atoms with Crippen LogP contribution in [0.3, 0.4) is 0 Å². The summed E-state index contributed by atoms with van der Waals surface area (Å²) < 4.78 is 6.16. The van der Waals surface area contributed by atoms with E-state index in [2.05, 4.69) is 21.2 Å². The summed E-state index contributed by atoms with van der Waals surface area (Å²) in [7, 11) is 0. The fourth-order valence-corrected chi connectivity index (χ4v) is 10.8. The number of rotatable bonds is 7. The van der Waals surface area contributed by atoms with Gasteiger partial charge >= 0.3 is 0 Å². The minimum absolute atomic E-state index is 0.00150. The second-order valence-electron chi connectivity index (χ2n) is 17.5. The van der Waals surface area contributed by atoms with Crippen molar-refractivity contribution in [2.75, 3.05) is 44.2 Å². The maximum Gasteiger partial charge on any atom is 0.262 e. The molecule has 5 fully saturated rings. The fraction of sp³-hybridized carbons (Fsp3) is 0.444. The lowest BCUT2D eigenvalue weighted by molar-refractivity contribution is -0.136. The van der Waals surface area contributed by atoms with Crippen LogP contribution < -0.4 is 15.0 Å². The van der Waals surface area contributed by atoms with Gasteiger partial charge < -0.3 is 19.4 Å². The van der Waals surface area contributed by atoms with Gasteiger partial charge in [0.15, 0.2) is 0 Å². The number of hydrogen-bond donors (Lipinski definition) is 1. The Morgan fingerprint density at radius 3 is 2.25 bits per heavy atom. The van der Waals surface area contributed by atoms with Crippen LogP contribution in [0.1, 0.15) is 104 Å². The molecule has 2 aliphatic carbocycles. The Bertz CT molecular complexity index is 2400. The van der Waals surface area contributed by atoms with Crippen molar-refractivity contribution in [2.24, 2.45) is 5.41 Å². The number of nitriles is 1. The van der Waals surface area contributed by atoms with E-state index in [9.17, 15) is 28.8 Å². The number of imide groups is 2. The van der Waals surface area contributed by atoms with E-state index in [0.29, 0.717) is 58.7 Å². The molecular weight excluding hydrogens is 786 g/mol. The highest BCUT2D eigenvalue weighted by atomic mass is 35.5. The summed E-state index contributed by atoms with van der Waals surface area (Å²) >= 11 is 6.19.